The number of ether oxygens (including phenoxy) is 2. The first-order valence-electron chi connectivity index (χ1n) is 8.61. The fourth-order valence-corrected chi connectivity index (χ4v) is 3.66. The van der Waals surface area contributed by atoms with Gasteiger partial charge in [-0.05, 0) is 42.0 Å². The van der Waals surface area contributed by atoms with Crippen LogP contribution < -0.4 is 9.47 Å². The molecule has 2 aromatic carbocycles. The standard InChI is InChI=1S/C22H17BrN2O3/c1-27-19-11-13(16(23)12-20(19)28-2)7-8-18(26)22-21-15(9-10-24-22)14-5-3-4-6-17(14)25-21/h3-12,25H,1-2H3/b8-7+. The van der Waals surface area contributed by atoms with Crippen LogP contribution in [0.2, 0.25) is 0 Å². The maximum Gasteiger partial charge on any atom is 0.206 e. The van der Waals surface area contributed by atoms with Gasteiger partial charge in [0.2, 0.25) is 5.78 Å². The Hall–Kier alpha value is -3.12. The molecule has 0 saturated carbocycles. The zero-order valence-electron chi connectivity index (χ0n) is 15.3. The molecule has 0 radical (unpaired) electrons. The number of benzene rings is 2. The number of nitrogens with one attached hydrogen (secondary N) is 1. The summed E-state index contributed by atoms with van der Waals surface area (Å²) < 4.78 is 11.4. The zero-order chi connectivity index (χ0) is 19.7. The molecule has 0 aliphatic heterocycles. The maximum atomic E-state index is 12.9. The highest BCUT2D eigenvalue weighted by Gasteiger charge is 2.14. The van der Waals surface area contributed by atoms with Crippen LogP contribution in [-0.2, 0) is 0 Å². The summed E-state index contributed by atoms with van der Waals surface area (Å²) in [4.78, 5) is 20.5. The fourth-order valence-electron chi connectivity index (χ4n) is 3.20. The molecule has 0 spiro atoms. The topological polar surface area (TPSA) is 64.2 Å². The Labute approximate surface area is 170 Å². The molecule has 0 atom stereocenters. The van der Waals surface area contributed by atoms with E-state index in [2.05, 4.69) is 25.9 Å². The lowest BCUT2D eigenvalue weighted by Gasteiger charge is -2.09. The van der Waals surface area contributed by atoms with E-state index in [1.54, 1.807) is 32.6 Å². The number of para-hydroxylation sites is 1. The lowest BCUT2D eigenvalue weighted by Crippen LogP contribution is -1.99. The number of ketones is 1. The lowest BCUT2D eigenvalue weighted by atomic mass is 10.1. The maximum absolute atomic E-state index is 12.9. The average molecular weight is 437 g/mol. The number of hydrogen-bond donors (Lipinski definition) is 1. The molecular formula is C22H17BrN2O3. The van der Waals surface area contributed by atoms with Crippen molar-refractivity contribution >= 4 is 49.6 Å². The molecule has 0 bridgehead atoms. The molecule has 28 heavy (non-hydrogen) atoms. The van der Waals surface area contributed by atoms with Crippen molar-refractivity contribution in [1.82, 2.24) is 9.97 Å². The molecular weight excluding hydrogens is 420 g/mol. The minimum atomic E-state index is -0.182. The van der Waals surface area contributed by atoms with Gasteiger partial charge in [0.15, 0.2) is 11.5 Å². The van der Waals surface area contributed by atoms with Gasteiger partial charge in [-0.1, -0.05) is 34.1 Å². The quantitative estimate of drug-likeness (QED) is 0.336. The third-order valence-electron chi connectivity index (χ3n) is 4.58. The summed E-state index contributed by atoms with van der Waals surface area (Å²) in [5, 5.41) is 2.05. The minimum absolute atomic E-state index is 0.182. The number of methoxy groups -OCH3 is 2. The van der Waals surface area contributed by atoms with Gasteiger partial charge in [-0.2, -0.15) is 0 Å². The molecule has 0 aliphatic carbocycles. The summed E-state index contributed by atoms with van der Waals surface area (Å²) in [6.07, 6.45) is 4.91. The van der Waals surface area contributed by atoms with Crippen molar-refractivity contribution in [3.63, 3.8) is 0 Å². The Kier molecular flexibility index (Phi) is 4.88. The molecule has 4 aromatic rings. The molecule has 1 N–H and O–H groups in total. The van der Waals surface area contributed by atoms with Gasteiger partial charge in [0.05, 0.1) is 19.7 Å². The summed E-state index contributed by atoms with van der Waals surface area (Å²) in [7, 11) is 3.15. The molecule has 5 nitrogen and oxygen atoms in total. The van der Waals surface area contributed by atoms with Crippen LogP contribution in [0.5, 0.6) is 11.5 Å². The predicted molar refractivity (Wildman–Crippen MR) is 114 cm³/mol. The Morgan fingerprint density at radius 3 is 2.61 bits per heavy atom. The molecule has 0 saturated heterocycles. The number of carbonyl (C=O) groups excluding carboxylic acids is 1. The molecule has 140 valence electrons. The molecule has 0 fully saturated rings. The van der Waals surface area contributed by atoms with E-state index in [4.69, 9.17) is 9.47 Å². The van der Waals surface area contributed by atoms with Crippen molar-refractivity contribution in [1.29, 1.82) is 0 Å². The van der Waals surface area contributed by atoms with Gasteiger partial charge in [0.1, 0.15) is 5.69 Å². The van der Waals surface area contributed by atoms with Crippen LogP contribution >= 0.6 is 15.9 Å². The van der Waals surface area contributed by atoms with Crippen LogP contribution in [-0.4, -0.2) is 30.0 Å². The van der Waals surface area contributed by atoms with Gasteiger partial charge in [-0.3, -0.25) is 9.78 Å². The van der Waals surface area contributed by atoms with Gasteiger partial charge < -0.3 is 14.5 Å². The number of carbonyl (C=O) groups is 1. The van der Waals surface area contributed by atoms with Crippen molar-refractivity contribution < 1.29 is 14.3 Å². The third kappa shape index (κ3) is 3.16. The van der Waals surface area contributed by atoms with E-state index in [0.717, 1.165) is 31.8 Å². The number of hydrogen-bond acceptors (Lipinski definition) is 4. The number of aromatic nitrogens is 2. The van der Waals surface area contributed by atoms with Crippen molar-refractivity contribution in [2.24, 2.45) is 0 Å². The number of fused-ring (bicyclic) bond motifs is 3. The van der Waals surface area contributed by atoms with E-state index in [1.165, 1.54) is 6.08 Å². The number of rotatable bonds is 5. The van der Waals surface area contributed by atoms with Gasteiger partial charge in [-0.15, -0.1) is 0 Å². The monoisotopic (exact) mass is 436 g/mol. The van der Waals surface area contributed by atoms with E-state index in [-0.39, 0.29) is 5.78 Å². The van der Waals surface area contributed by atoms with E-state index in [9.17, 15) is 4.79 Å². The van der Waals surface area contributed by atoms with Gasteiger partial charge in [0.25, 0.3) is 0 Å². The summed E-state index contributed by atoms with van der Waals surface area (Å²) in [5.74, 6) is 1.02. The zero-order valence-corrected chi connectivity index (χ0v) is 16.9. The average Bonchev–Trinajstić information content (AvgIpc) is 3.11. The highest BCUT2D eigenvalue weighted by atomic mass is 79.9. The van der Waals surface area contributed by atoms with Crippen LogP contribution in [0.3, 0.4) is 0 Å². The summed E-state index contributed by atoms with van der Waals surface area (Å²) in [6.45, 7) is 0. The smallest absolute Gasteiger partial charge is 0.206 e. The number of nitrogens with zero attached hydrogens (tertiary/aromatic N) is 1. The van der Waals surface area contributed by atoms with Crippen molar-refractivity contribution in [3.8, 4) is 11.5 Å². The first-order valence-corrected chi connectivity index (χ1v) is 9.41. The van der Waals surface area contributed by atoms with E-state index >= 15 is 0 Å². The number of pyridine rings is 1. The second-order valence-corrected chi connectivity index (χ2v) is 7.03. The number of halogens is 1. The SMILES string of the molecule is COc1cc(Br)c(/C=C/C(=O)c2nccc3c2[nH]c2ccccc23)cc1OC. The lowest BCUT2D eigenvalue weighted by molar-refractivity contribution is 0.104. The second kappa shape index (κ2) is 7.48. The third-order valence-corrected chi connectivity index (χ3v) is 5.27. The summed E-state index contributed by atoms with van der Waals surface area (Å²) in [5.41, 5.74) is 2.91. The van der Waals surface area contributed by atoms with Crippen LogP contribution in [0, 0.1) is 0 Å². The van der Waals surface area contributed by atoms with Crippen LogP contribution in [0.25, 0.3) is 27.9 Å². The fraction of sp³-hybridized carbons (Fsp3) is 0.0909. The van der Waals surface area contributed by atoms with E-state index in [1.807, 2.05) is 36.4 Å². The number of H-pyrrole nitrogens is 1. The van der Waals surface area contributed by atoms with Crippen molar-refractivity contribution in [2.45, 2.75) is 0 Å². The molecule has 2 aromatic heterocycles. The Balaban J connectivity index is 1.73. The van der Waals surface area contributed by atoms with E-state index in [0.29, 0.717) is 17.2 Å². The summed E-state index contributed by atoms with van der Waals surface area (Å²) >= 11 is 3.50. The van der Waals surface area contributed by atoms with Crippen molar-refractivity contribution in [3.05, 3.63) is 70.5 Å². The number of aromatic amines is 1. The molecule has 0 aliphatic rings. The molecule has 6 heteroatoms. The highest BCUT2D eigenvalue weighted by molar-refractivity contribution is 9.10. The van der Waals surface area contributed by atoms with Gasteiger partial charge >= 0.3 is 0 Å². The number of allylic oxidation sites excluding steroid dienone is 1. The van der Waals surface area contributed by atoms with Gasteiger partial charge in [-0.25, -0.2) is 0 Å². The Bertz CT molecular complexity index is 1230. The van der Waals surface area contributed by atoms with Crippen molar-refractivity contribution in [2.75, 3.05) is 14.2 Å². The normalized spacial score (nSPS) is 11.4. The molecule has 0 unspecified atom stereocenters. The van der Waals surface area contributed by atoms with E-state index < -0.39 is 0 Å². The van der Waals surface area contributed by atoms with Gasteiger partial charge in [0, 0.05) is 27.0 Å². The summed E-state index contributed by atoms with van der Waals surface area (Å²) in [6, 6.07) is 13.5. The predicted octanol–water partition coefficient (Wildman–Crippen LogP) is 5.39. The Morgan fingerprint density at radius 2 is 1.82 bits per heavy atom. The first kappa shape index (κ1) is 18.3. The minimum Gasteiger partial charge on any atom is -0.493 e. The second-order valence-electron chi connectivity index (χ2n) is 6.18. The Morgan fingerprint density at radius 1 is 1.07 bits per heavy atom. The first-order chi connectivity index (χ1) is 13.6. The van der Waals surface area contributed by atoms with Crippen LogP contribution in [0.4, 0.5) is 0 Å². The molecule has 4 rings (SSSR count). The van der Waals surface area contributed by atoms with Crippen LogP contribution in [0.1, 0.15) is 16.1 Å². The molecule has 2 heterocycles. The van der Waals surface area contributed by atoms with Crippen LogP contribution in [0.15, 0.2) is 59.2 Å². The largest absolute Gasteiger partial charge is 0.493 e. The highest BCUT2D eigenvalue weighted by Crippen LogP contribution is 2.34. The molecule has 0 amide bonds.